The van der Waals surface area contributed by atoms with Gasteiger partial charge >= 0.3 is 0 Å². The number of nitrogens with zero attached hydrogens (tertiary/aromatic N) is 5. The van der Waals surface area contributed by atoms with Crippen LogP contribution >= 0.6 is 11.3 Å². The van der Waals surface area contributed by atoms with Crippen LogP contribution in [-0.2, 0) is 0 Å². The first-order chi connectivity index (χ1) is 17.1. The molecule has 2 saturated heterocycles. The van der Waals surface area contributed by atoms with Gasteiger partial charge < -0.3 is 9.80 Å². The van der Waals surface area contributed by atoms with Gasteiger partial charge in [0, 0.05) is 49.0 Å². The van der Waals surface area contributed by atoms with E-state index < -0.39 is 0 Å². The molecule has 2 aliphatic heterocycles. The van der Waals surface area contributed by atoms with Gasteiger partial charge in [0.2, 0.25) is 0 Å². The van der Waals surface area contributed by atoms with E-state index in [0.717, 1.165) is 61.6 Å². The van der Waals surface area contributed by atoms with E-state index >= 15 is 0 Å². The monoisotopic (exact) mass is 485 g/mol. The van der Waals surface area contributed by atoms with Gasteiger partial charge in [-0.25, -0.2) is 9.97 Å². The number of hydrogen-bond acceptors (Lipinski definition) is 5. The number of imidazole rings is 1. The van der Waals surface area contributed by atoms with Crippen molar-refractivity contribution < 1.29 is 9.59 Å². The molecule has 4 aromatic rings. The normalized spacial score (nSPS) is 17.1. The highest BCUT2D eigenvalue weighted by molar-refractivity contribution is 7.11. The van der Waals surface area contributed by atoms with Crippen molar-refractivity contribution in [3.8, 4) is 5.69 Å². The number of benzene rings is 2. The van der Waals surface area contributed by atoms with E-state index in [9.17, 15) is 9.59 Å². The van der Waals surface area contributed by atoms with Crippen LogP contribution in [0, 0.1) is 18.8 Å². The van der Waals surface area contributed by atoms with E-state index in [1.54, 1.807) is 6.20 Å². The fraction of sp³-hybridized carbons (Fsp3) is 0.333. The van der Waals surface area contributed by atoms with Crippen LogP contribution in [0.5, 0.6) is 0 Å². The molecule has 0 radical (unpaired) electrons. The molecule has 4 heterocycles. The summed E-state index contributed by atoms with van der Waals surface area (Å²) in [6, 6.07) is 16.0. The Kier molecular flexibility index (Phi) is 5.60. The maximum absolute atomic E-state index is 13.2. The molecule has 0 aliphatic carbocycles. The molecule has 0 saturated carbocycles. The Morgan fingerprint density at radius 2 is 1.71 bits per heavy atom. The summed E-state index contributed by atoms with van der Waals surface area (Å²) in [5.74, 6) is 2.10. The van der Waals surface area contributed by atoms with E-state index in [1.807, 2.05) is 58.5 Å². The number of rotatable bonds is 4. The van der Waals surface area contributed by atoms with Gasteiger partial charge in [-0.2, -0.15) is 0 Å². The molecule has 0 bridgehead atoms. The zero-order valence-electron chi connectivity index (χ0n) is 19.6. The molecule has 2 aliphatic rings. The highest BCUT2D eigenvalue weighted by Crippen LogP contribution is 2.33. The van der Waals surface area contributed by atoms with Gasteiger partial charge in [-0.15, -0.1) is 11.3 Å². The first kappa shape index (κ1) is 22.0. The molecule has 0 atom stereocenters. The largest absolute Gasteiger partial charge is 0.338 e. The number of para-hydroxylation sites is 1. The van der Waals surface area contributed by atoms with Crippen LogP contribution in [0.25, 0.3) is 16.7 Å². The summed E-state index contributed by atoms with van der Waals surface area (Å²) in [4.78, 5) is 38.4. The van der Waals surface area contributed by atoms with Crippen molar-refractivity contribution in [2.75, 3.05) is 26.2 Å². The smallest absolute Gasteiger partial charge is 0.282 e. The summed E-state index contributed by atoms with van der Waals surface area (Å²) in [5, 5.41) is 2.41. The molecule has 8 heteroatoms. The van der Waals surface area contributed by atoms with Crippen molar-refractivity contribution in [2.45, 2.75) is 19.8 Å². The zero-order valence-corrected chi connectivity index (χ0v) is 20.4. The SMILES string of the molecule is Cc1nc2cc(C(=O)N3CC(C4CCN(C(=O)c5nccs5)CC4)C3)ccc2n1-c1ccccc1. The second-order valence-corrected chi connectivity index (χ2v) is 10.4. The van der Waals surface area contributed by atoms with E-state index in [2.05, 4.69) is 21.7 Å². The topological polar surface area (TPSA) is 71.3 Å². The molecular weight excluding hydrogens is 458 g/mol. The van der Waals surface area contributed by atoms with Gasteiger partial charge in [0.1, 0.15) is 5.82 Å². The minimum atomic E-state index is 0.0456. The predicted octanol–water partition coefficient (Wildman–Crippen LogP) is 4.41. The van der Waals surface area contributed by atoms with Crippen molar-refractivity contribution in [1.29, 1.82) is 0 Å². The number of aryl methyl sites for hydroxylation is 1. The van der Waals surface area contributed by atoms with Crippen molar-refractivity contribution in [3.05, 3.63) is 76.5 Å². The van der Waals surface area contributed by atoms with Crippen molar-refractivity contribution in [2.24, 2.45) is 11.8 Å². The number of carbonyl (C=O) groups is 2. The van der Waals surface area contributed by atoms with Crippen LogP contribution in [0.1, 0.15) is 38.8 Å². The van der Waals surface area contributed by atoms with Crippen LogP contribution < -0.4 is 0 Å². The number of carbonyl (C=O) groups excluding carboxylic acids is 2. The minimum Gasteiger partial charge on any atom is -0.338 e. The fourth-order valence-corrected chi connectivity index (χ4v) is 6.04. The van der Waals surface area contributed by atoms with Gasteiger partial charge in [0.15, 0.2) is 5.01 Å². The van der Waals surface area contributed by atoms with Gasteiger partial charge in [-0.3, -0.25) is 14.2 Å². The van der Waals surface area contributed by atoms with Crippen molar-refractivity contribution in [3.63, 3.8) is 0 Å². The number of aromatic nitrogens is 3. The Morgan fingerprint density at radius 3 is 2.43 bits per heavy atom. The third-order valence-electron chi connectivity index (χ3n) is 7.39. The van der Waals surface area contributed by atoms with Crippen LogP contribution in [-0.4, -0.2) is 62.3 Å². The molecule has 0 spiro atoms. The van der Waals surface area contributed by atoms with Gasteiger partial charge in [0.05, 0.1) is 11.0 Å². The third kappa shape index (κ3) is 4.01. The van der Waals surface area contributed by atoms with E-state index in [0.29, 0.717) is 22.4 Å². The number of thiazole rings is 1. The lowest BCUT2D eigenvalue weighted by Gasteiger charge is -2.46. The maximum atomic E-state index is 13.2. The second-order valence-electron chi connectivity index (χ2n) is 9.47. The average molecular weight is 486 g/mol. The molecule has 0 unspecified atom stereocenters. The van der Waals surface area contributed by atoms with Crippen molar-refractivity contribution >= 4 is 34.2 Å². The van der Waals surface area contributed by atoms with Crippen LogP contribution in [0.2, 0.25) is 0 Å². The Hall–Kier alpha value is -3.52. The molecule has 178 valence electrons. The molecule has 7 nitrogen and oxygen atoms in total. The lowest BCUT2D eigenvalue weighted by molar-refractivity contribution is 0.0228. The van der Waals surface area contributed by atoms with Crippen LogP contribution in [0.3, 0.4) is 0 Å². The Bertz CT molecular complexity index is 1370. The zero-order chi connectivity index (χ0) is 23.9. The summed E-state index contributed by atoms with van der Waals surface area (Å²) in [5.41, 5.74) is 3.60. The van der Waals surface area contributed by atoms with Crippen molar-refractivity contribution in [1.82, 2.24) is 24.3 Å². The summed E-state index contributed by atoms with van der Waals surface area (Å²) >= 11 is 1.40. The number of piperidine rings is 1. The van der Waals surface area contributed by atoms with Crippen LogP contribution in [0.4, 0.5) is 0 Å². The second kappa shape index (κ2) is 8.92. The number of likely N-dealkylation sites (tertiary alicyclic amines) is 2. The first-order valence-electron chi connectivity index (χ1n) is 12.1. The molecular formula is C27H27N5O2S. The molecule has 2 aromatic carbocycles. The summed E-state index contributed by atoms with van der Waals surface area (Å²) in [6.45, 7) is 5.12. The summed E-state index contributed by atoms with van der Waals surface area (Å²) in [6.07, 6.45) is 3.66. The Morgan fingerprint density at radius 1 is 0.943 bits per heavy atom. The average Bonchev–Trinajstić information content (AvgIpc) is 3.50. The Balaban J connectivity index is 1.08. The van der Waals surface area contributed by atoms with Gasteiger partial charge in [0.25, 0.3) is 11.8 Å². The number of amides is 2. The van der Waals surface area contributed by atoms with E-state index in [1.165, 1.54) is 11.3 Å². The highest BCUT2D eigenvalue weighted by atomic mass is 32.1. The molecule has 35 heavy (non-hydrogen) atoms. The molecule has 2 aromatic heterocycles. The molecule has 6 rings (SSSR count). The minimum absolute atomic E-state index is 0.0456. The molecule has 2 amide bonds. The third-order valence-corrected chi connectivity index (χ3v) is 8.15. The Labute approximate surface area is 208 Å². The van der Waals surface area contributed by atoms with Crippen LogP contribution in [0.15, 0.2) is 60.1 Å². The lowest BCUT2D eigenvalue weighted by atomic mass is 9.79. The quantitative estimate of drug-likeness (QED) is 0.429. The maximum Gasteiger partial charge on any atom is 0.282 e. The molecule has 2 fully saturated rings. The van der Waals surface area contributed by atoms with Gasteiger partial charge in [-0.1, -0.05) is 18.2 Å². The molecule has 0 N–H and O–H groups in total. The standard InChI is InChI=1S/C27H27N5O2S/c1-18-29-23-15-20(7-8-24(23)32(18)22-5-3-2-4-6-22)26(33)31-16-21(17-31)19-9-12-30(13-10-19)27(34)25-28-11-14-35-25/h2-8,11,14-15,19,21H,9-10,12-13,16-17H2,1H3. The predicted molar refractivity (Wildman–Crippen MR) is 136 cm³/mol. The first-order valence-corrected chi connectivity index (χ1v) is 13.0. The summed E-state index contributed by atoms with van der Waals surface area (Å²) in [7, 11) is 0. The summed E-state index contributed by atoms with van der Waals surface area (Å²) < 4.78 is 2.12. The highest BCUT2D eigenvalue weighted by Gasteiger charge is 2.38. The lowest BCUT2D eigenvalue weighted by Crippen LogP contribution is -2.54. The van der Waals surface area contributed by atoms with Gasteiger partial charge in [-0.05, 0) is 61.9 Å². The fourth-order valence-electron chi connectivity index (χ4n) is 5.43. The number of hydrogen-bond donors (Lipinski definition) is 0. The van der Waals surface area contributed by atoms with E-state index in [-0.39, 0.29) is 11.8 Å². The van der Waals surface area contributed by atoms with E-state index in [4.69, 9.17) is 4.98 Å². The number of fused-ring (bicyclic) bond motifs is 1.